The molecule has 6 nitrogen and oxygen atoms in total. The van der Waals surface area contributed by atoms with Crippen molar-refractivity contribution in [1.29, 1.82) is 0 Å². The number of rotatable bonds is 4. The van der Waals surface area contributed by atoms with E-state index in [2.05, 4.69) is 16.1 Å². The van der Waals surface area contributed by atoms with Crippen molar-refractivity contribution < 1.29 is 9.59 Å². The molecule has 5 N–H and O–H groups in total. The molecular formula is C12H18N4O2. The van der Waals surface area contributed by atoms with E-state index < -0.39 is 6.04 Å². The Morgan fingerprint density at radius 1 is 1.33 bits per heavy atom. The number of carbonyl (C=O) groups is 2. The lowest BCUT2D eigenvalue weighted by molar-refractivity contribution is -0.122. The molecule has 0 aliphatic heterocycles. The number of aryl methyl sites for hydroxylation is 1. The number of nitrogens with one attached hydrogen (secondary N) is 3. The van der Waals surface area contributed by atoms with E-state index in [1.165, 1.54) is 7.05 Å². The van der Waals surface area contributed by atoms with Gasteiger partial charge < -0.3 is 16.1 Å². The zero-order valence-electron chi connectivity index (χ0n) is 10.7. The van der Waals surface area contributed by atoms with Gasteiger partial charge in [-0.1, -0.05) is 11.6 Å². The fraction of sp³-hybridized carbons (Fsp3) is 0.333. The highest BCUT2D eigenvalue weighted by Crippen LogP contribution is 2.16. The minimum absolute atomic E-state index is 0.252. The number of nitrogens with two attached hydrogens (primary N) is 1. The first-order valence-electron chi connectivity index (χ1n) is 5.59. The second kappa shape index (κ2) is 6.02. The van der Waals surface area contributed by atoms with Crippen LogP contribution in [0.25, 0.3) is 0 Å². The molecule has 0 spiro atoms. The second-order valence-electron chi connectivity index (χ2n) is 4.00. The maximum Gasteiger partial charge on any atom is 0.254 e. The van der Waals surface area contributed by atoms with E-state index in [4.69, 9.17) is 5.84 Å². The smallest absolute Gasteiger partial charge is 0.254 e. The van der Waals surface area contributed by atoms with E-state index in [0.717, 1.165) is 5.56 Å². The van der Waals surface area contributed by atoms with Crippen LogP contribution in [0.15, 0.2) is 18.2 Å². The molecule has 1 unspecified atom stereocenters. The number of hydrogen-bond acceptors (Lipinski definition) is 4. The van der Waals surface area contributed by atoms with Crippen molar-refractivity contribution in [3.05, 3.63) is 29.3 Å². The lowest BCUT2D eigenvalue weighted by atomic mass is 10.1. The van der Waals surface area contributed by atoms with E-state index >= 15 is 0 Å². The van der Waals surface area contributed by atoms with Crippen molar-refractivity contribution in [2.45, 2.75) is 19.9 Å². The third-order valence-electron chi connectivity index (χ3n) is 2.56. The monoisotopic (exact) mass is 250 g/mol. The minimum atomic E-state index is -0.603. The van der Waals surface area contributed by atoms with Gasteiger partial charge in [0.15, 0.2) is 0 Å². The van der Waals surface area contributed by atoms with Gasteiger partial charge in [0.1, 0.15) is 6.04 Å². The van der Waals surface area contributed by atoms with Crippen LogP contribution in [0.1, 0.15) is 22.8 Å². The highest BCUT2D eigenvalue weighted by Gasteiger charge is 2.17. The summed E-state index contributed by atoms with van der Waals surface area (Å²) in [4.78, 5) is 23.4. The van der Waals surface area contributed by atoms with Gasteiger partial charge in [-0.05, 0) is 26.0 Å². The van der Waals surface area contributed by atoms with Crippen molar-refractivity contribution in [3.8, 4) is 0 Å². The Hall–Kier alpha value is -2.08. The molecule has 6 heteroatoms. The molecule has 0 fully saturated rings. The van der Waals surface area contributed by atoms with Gasteiger partial charge in [0.2, 0.25) is 5.91 Å². The standard InChI is InChI=1S/C12H18N4O2/c1-7-4-5-10(16-13)9(6-7)12(18)15-8(2)11(17)14-3/h4-6,8,16H,13H2,1-3H3,(H,14,17)(H,15,18). The molecule has 1 atom stereocenters. The number of nitrogen functional groups attached to an aromatic ring is 1. The van der Waals surface area contributed by atoms with Crippen molar-refractivity contribution in [1.82, 2.24) is 10.6 Å². The van der Waals surface area contributed by atoms with Gasteiger partial charge in [-0.2, -0.15) is 0 Å². The summed E-state index contributed by atoms with van der Waals surface area (Å²) < 4.78 is 0. The fourth-order valence-electron chi connectivity index (χ4n) is 1.53. The van der Waals surface area contributed by atoms with Crippen LogP contribution in [0.3, 0.4) is 0 Å². The summed E-state index contributed by atoms with van der Waals surface area (Å²) >= 11 is 0. The Morgan fingerprint density at radius 2 is 2.00 bits per heavy atom. The topological polar surface area (TPSA) is 96.2 Å². The van der Waals surface area contributed by atoms with Crippen LogP contribution in [0.4, 0.5) is 5.69 Å². The molecule has 0 saturated heterocycles. The molecule has 0 aliphatic rings. The van der Waals surface area contributed by atoms with E-state index in [9.17, 15) is 9.59 Å². The van der Waals surface area contributed by atoms with Crippen molar-refractivity contribution in [2.75, 3.05) is 12.5 Å². The first-order chi connectivity index (χ1) is 8.49. The number of likely N-dealkylation sites (N-methyl/N-ethyl adjacent to an activating group) is 1. The Labute approximate surface area is 106 Å². The van der Waals surface area contributed by atoms with Gasteiger partial charge in [-0.25, -0.2) is 0 Å². The normalized spacial score (nSPS) is 11.6. The van der Waals surface area contributed by atoms with Gasteiger partial charge in [0.25, 0.3) is 5.91 Å². The van der Waals surface area contributed by atoms with Gasteiger partial charge in [0.05, 0.1) is 11.3 Å². The van der Waals surface area contributed by atoms with E-state index in [0.29, 0.717) is 11.3 Å². The molecule has 0 heterocycles. The van der Waals surface area contributed by atoms with Gasteiger partial charge in [-0.15, -0.1) is 0 Å². The Balaban J connectivity index is 2.90. The molecule has 1 aromatic rings. The molecule has 0 bridgehead atoms. The third-order valence-corrected chi connectivity index (χ3v) is 2.56. The maximum atomic E-state index is 12.0. The van der Waals surface area contributed by atoms with Crippen LogP contribution in [0, 0.1) is 6.92 Å². The SMILES string of the molecule is CNC(=O)C(C)NC(=O)c1cc(C)ccc1NN. The number of benzene rings is 1. The van der Waals surface area contributed by atoms with Gasteiger partial charge >= 0.3 is 0 Å². The van der Waals surface area contributed by atoms with Crippen LogP contribution in [-0.4, -0.2) is 24.9 Å². The zero-order chi connectivity index (χ0) is 13.7. The molecule has 0 saturated carbocycles. The Morgan fingerprint density at radius 3 is 2.56 bits per heavy atom. The number of carbonyl (C=O) groups excluding carboxylic acids is 2. The van der Waals surface area contributed by atoms with E-state index in [-0.39, 0.29) is 11.8 Å². The Kier molecular flexibility index (Phi) is 4.67. The molecule has 18 heavy (non-hydrogen) atoms. The lowest BCUT2D eigenvalue weighted by Gasteiger charge is -2.14. The highest BCUT2D eigenvalue weighted by atomic mass is 16.2. The van der Waals surface area contributed by atoms with Gasteiger partial charge in [0, 0.05) is 7.05 Å². The largest absolute Gasteiger partial charge is 0.357 e. The first-order valence-corrected chi connectivity index (χ1v) is 5.59. The van der Waals surface area contributed by atoms with E-state index in [1.54, 1.807) is 19.1 Å². The lowest BCUT2D eigenvalue weighted by Crippen LogP contribution is -2.43. The van der Waals surface area contributed by atoms with E-state index in [1.807, 2.05) is 13.0 Å². The summed E-state index contributed by atoms with van der Waals surface area (Å²) in [7, 11) is 1.52. The predicted octanol–water partition coefficient (Wildman–Crippen LogP) is 0.145. The van der Waals surface area contributed by atoms with Crippen LogP contribution in [-0.2, 0) is 4.79 Å². The molecule has 2 amide bonds. The highest BCUT2D eigenvalue weighted by molar-refractivity contribution is 6.01. The molecule has 98 valence electrons. The molecule has 0 radical (unpaired) electrons. The average molecular weight is 250 g/mol. The summed E-state index contributed by atoms with van der Waals surface area (Å²) in [6.07, 6.45) is 0. The fourth-order valence-corrected chi connectivity index (χ4v) is 1.53. The molecule has 0 aliphatic carbocycles. The van der Waals surface area contributed by atoms with Crippen LogP contribution < -0.4 is 21.9 Å². The molecule has 0 aromatic heterocycles. The molecular weight excluding hydrogens is 232 g/mol. The van der Waals surface area contributed by atoms with Crippen molar-refractivity contribution in [2.24, 2.45) is 5.84 Å². The summed E-state index contributed by atoms with van der Waals surface area (Å²) in [5.41, 5.74) is 4.32. The summed E-state index contributed by atoms with van der Waals surface area (Å²) in [6.45, 7) is 3.49. The predicted molar refractivity (Wildman–Crippen MR) is 70.0 cm³/mol. The number of hydrazine groups is 1. The maximum absolute atomic E-state index is 12.0. The molecule has 1 rings (SSSR count). The number of hydrogen-bond donors (Lipinski definition) is 4. The molecule has 1 aromatic carbocycles. The second-order valence-corrected chi connectivity index (χ2v) is 4.00. The van der Waals surface area contributed by atoms with Crippen LogP contribution in [0.2, 0.25) is 0 Å². The Bertz CT molecular complexity index is 459. The first kappa shape index (κ1) is 14.0. The summed E-state index contributed by atoms with van der Waals surface area (Å²) in [5.74, 6) is 4.75. The summed E-state index contributed by atoms with van der Waals surface area (Å²) in [5, 5.41) is 5.07. The zero-order valence-corrected chi connectivity index (χ0v) is 10.7. The average Bonchev–Trinajstić information content (AvgIpc) is 2.37. The van der Waals surface area contributed by atoms with Crippen molar-refractivity contribution in [3.63, 3.8) is 0 Å². The number of amides is 2. The number of anilines is 1. The third kappa shape index (κ3) is 3.21. The van der Waals surface area contributed by atoms with Crippen molar-refractivity contribution >= 4 is 17.5 Å². The van der Waals surface area contributed by atoms with Crippen LogP contribution in [0.5, 0.6) is 0 Å². The van der Waals surface area contributed by atoms with Crippen LogP contribution >= 0.6 is 0 Å². The summed E-state index contributed by atoms with van der Waals surface area (Å²) in [6, 6.07) is 4.66. The minimum Gasteiger partial charge on any atom is -0.357 e. The quantitative estimate of drug-likeness (QED) is 0.451. The van der Waals surface area contributed by atoms with Gasteiger partial charge in [-0.3, -0.25) is 15.4 Å².